The van der Waals surface area contributed by atoms with Crippen molar-refractivity contribution in [2.45, 2.75) is 385 Å². The van der Waals surface area contributed by atoms with E-state index in [4.69, 9.17) is 0 Å². The zero-order chi connectivity index (χ0) is 52.9. The molecule has 1 amide bonds. The summed E-state index contributed by atoms with van der Waals surface area (Å²) in [4.78, 5) is 12.6. The van der Waals surface area contributed by atoms with Gasteiger partial charge in [-0.25, -0.2) is 0 Å². The molecule has 0 saturated carbocycles. The first kappa shape index (κ1) is 71.6. The van der Waals surface area contributed by atoms with Crippen LogP contribution in [0.25, 0.3) is 0 Å². The fraction of sp³-hybridized carbons (Fsp3) is 0.897. The number of nitrogens with one attached hydrogen (secondary N) is 1. The summed E-state index contributed by atoms with van der Waals surface area (Å²) in [5.74, 6) is -0.507. The normalized spacial score (nSPS) is 13.3. The Morgan fingerprint density at radius 2 is 0.562 bits per heavy atom. The summed E-state index contributed by atoms with van der Waals surface area (Å²) in [6, 6.07) is -0.815. The molecule has 4 N–H and O–H groups in total. The second-order valence-corrected chi connectivity index (χ2v) is 23.0. The molecule has 3 unspecified atom stereocenters. The van der Waals surface area contributed by atoms with Gasteiger partial charge in [-0.15, -0.1) is 0 Å². The Morgan fingerprint density at radius 1 is 0.329 bits per heavy atom. The van der Waals surface area contributed by atoms with Crippen molar-refractivity contribution in [2.75, 3.05) is 6.61 Å². The lowest BCUT2D eigenvalue weighted by Crippen LogP contribution is -2.48. The monoisotopic (exact) mass is 1030 g/mol. The minimum absolute atomic E-state index is 0.374. The van der Waals surface area contributed by atoms with E-state index < -0.39 is 24.2 Å². The van der Waals surface area contributed by atoms with Gasteiger partial charge in [0.1, 0.15) is 6.10 Å². The molecule has 0 aliphatic carbocycles. The van der Waals surface area contributed by atoms with Crippen LogP contribution in [0.15, 0.2) is 36.5 Å². The van der Waals surface area contributed by atoms with E-state index in [1.54, 1.807) is 6.08 Å². The van der Waals surface area contributed by atoms with Gasteiger partial charge in [-0.1, -0.05) is 346 Å². The molecule has 0 aliphatic heterocycles. The van der Waals surface area contributed by atoms with Crippen LogP contribution in [0.4, 0.5) is 0 Å². The molecule has 0 aromatic heterocycles. The molecule has 5 heteroatoms. The topological polar surface area (TPSA) is 89.8 Å². The van der Waals surface area contributed by atoms with Crippen LogP contribution in [-0.2, 0) is 4.79 Å². The second kappa shape index (κ2) is 63.1. The first-order valence-electron chi connectivity index (χ1n) is 33.3. The fourth-order valence-electron chi connectivity index (χ4n) is 10.6. The molecule has 3 atom stereocenters. The van der Waals surface area contributed by atoms with Gasteiger partial charge < -0.3 is 20.6 Å². The highest BCUT2D eigenvalue weighted by molar-refractivity contribution is 5.80. The molecule has 0 radical (unpaired) electrons. The molecule has 0 heterocycles. The van der Waals surface area contributed by atoms with Gasteiger partial charge in [-0.05, 0) is 57.8 Å². The SMILES string of the molecule is CCCCCCCCCCCCCCCC/C=C\CCCCCCCCCCCCCCCCCCC(O)C(=O)NC(CO)C(O)/C=C/CC/C=C/CCCCCCCCCCCCCCCCCCCCC. The van der Waals surface area contributed by atoms with Gasteiger partial charge in [-0.2, -0.15) is 0 Å². The molecule has 0 spiro atoms. The number of carbonyl (C=O) groups is 1. The van der Waals surface area contributed by atoms with Gasteiger partial charge in [0.25, 0.3) is 0 Å². The zero-order valence-corrected chi connectivity index (χ0v) is 49.5. The molecule has 0 aliphatic rings. The summed E-state index contributed by atoms with van der Waals surface area (Å²) < 4.78 is 0. The highest BCUT2D eigenvalue weighted by Crippen LogP contribution is 2.18. The molecule has 0 fully saturated rings. The Morgan fingerprint density at radius 3 is 0.836 bits per heavy atom. The largest absolute Gasteiger partial charge is 0.394 e. The van der Waals surface area contributed by atoms with E-state index in [0.717, 1.165) is 38.5 Å². The third kappa shape index (κ3) is 58.1. The minimum atomic E-state index is -1.11. The van der Waals surface area contributed by atoms with Gasteiger partial charge in [0, 0.05) is 0 Å². The highest BCUT2D eigenvalue weighted by atomic mass is 16.3. The summed E-state index contributed by atoms with van der Waals surface area (Å²) in [6.07, 6.45) is 84.2. The minimum Gasteiger partial charge on any atom is -0.394 e. The average Bonchev–Trinajstić information content (AvgIpc) is 3.40. The van der Waals surface area contributed by atoms with E-state index in [9.17, 15) is 20.1 Å². The molecule has 5 nitrogen and oxygen atoms in total. The maximum Gasteiger partial charge on any atom is 0.249 e. The van der Waals surface area contributed by atoms with Crippen LogP contribution < -0.4 is 5.32 Å². The number of amides is 1. The van der Waals surface area contributed by atoms with Crippen molar-refractivity contribution in [2.24, 2.45) is 0 Å². The molecule has 0 bridgehead atoms. The molecular weight excluding hydrogens is 895 g/mol. The molecule has 0 saturated heterocycles. The number of allylic oxidation sites excluding steroid dienone is 5. The van der Waals surface area contributed by atoms with E-state index >= 15 is 0 Å². The van der Waals surface area contributed by atoms with Crippen LogP contribution in [0.3, 0.4) is 0 Å². The van der Waals surface area contributed by atoms with E-state index in [1.165, 1.54) is 308 Å². The maximum atomic E-state index is 12.6. The number of aliphatic hydroxyl groups excluding tert-OH is 3. The number of carbonyl (C=O) groups excluding carboxylic acids is 1. The van der Waals surface area contributed by atoms with Crippen molar-refractivity contribution < 1.29 is 20.1 Å². The lowest BCUT2D eigenvalue weighted by Gasteiger charge is -2.21. The summed E-state index contributed by atoms with van der Waals surface area (Å²) in [6.45, 7) is 4.22. The van der Waals surface area contributed by atoms with Crippen LogP contribution in [0.5, 0.6) is 0 Å². The van der Waals surface area contributed by atoms with Crippen LogP contribution in [0.1, 0.15) is 367 Å². The van der Waals surface area contributed by atoms with Gasteiger partial charge in [0.05, 0.1) is 18.8 Å². The summed E-state index contributed by atoms with van der Waals surface area (Å²) in [5, 5.41) is 33.5. The lowest BCUT2D eigenvalue weighted by atomic mass is 10.0. The molecule has 73 heavy (non-hydrogen) atoms. The molecule has 0 aromatic rings. The van der Waals surface area contributed by atoms with Crippen molar-refractivity contribution in [3.05, 3.63) is 36.5 Å². The first-order valence-corrected chi connectivity index (χ1v) is 33.3. The Balaban J connectivity index is 3.52. The van der Waals surface area contributed by atoms with Crippen LogP contribution in [0.2, 0.25) is 0 Å². The summed E-state index contributed by atoms with van der Waals surface area (Å²) in [5.41, 5.74) is 0. The van der Waals surface area contributed by atoms with Gasteiger partial charge in [-0.3, -0.25) is 4.79 Å². The number of hydrogen-bond donors (Lipinski definition) is 4. The van der Waals surface area contributed by atoms with E-state index in [1.807, 2.05) is 6.08 Å². The van der Waals surface area contributed by atoms with Gasteiger partial charge >= 0.3 is 0 Å². The maximum absolute atomic E-state index is 12.6. The van der Waals surface area contributed by atoms with Crippen LogP contribution in [-0.4, -0.2) is 46.1 Å². The Labute approximate surface area is 457 Å². The van der Waals surface area contributed by atoms with E-state index in [2.05, 4.69) is 43.5 Å². The van der Waals surface area contributed by atoms with Crippen molar-refractivity contribution in [3.8, 4) is 0 Å². The fourth-order valence-corrected chi connectivity index (χ4v) is 10.6. The Hall–Kier alpha value is -1.43. The third-order valence-corrected chi connectivity index (χ3v) is 15.7. The molecule has 0 aromatic carbocycles. The predicted molar refractivity (Wildman–Crippen MR) is 324 cm³/mol. The van der Waals surface area contributed by atoms with Crippen LogP contribution in [0, 0.1) is 0 Å². The number of hydrogen-bond acceptors (Lipinski definition) is 4. The summed E-state index contributed by atoms with van der Waals surface area (Å²) >= 11 is 0. The standard InChI is InChI=1S/C68H131NO4/c1-3-5-7-9-11-13-15-17-19-21-23-25-27-29-30-31-32-33-34-35-36-37-39-41-43-45-47-49-51-53-55-57-59-61-63-67(72)68(73)69-65(64-70)66(71)62-60-58-56-54-52-50-48-46-44-42-40-38-28-26-24-22-20-18-16-14-12-10-8-6-4-2/h31-32,52,54,60,62,65-67,70-72H,3-30,33-51,53,55-59,61,63-64H2,1-2H3,(H,69,73)/b32-31-,54-52+,62-60+. The number of aliphatic hydroxyl groups is 3. The Kier molecular flexibility index (Phi) is 61.9. The van der Waals surface area contributed by atoms with E-state index in [0.29, 0.717) is 6.42 Å². The molecule has 432 valence electrons. The van der Waals surface area contributed by atoms with Gasteiger partial charge in [0.15, 0.2) is 0 Å². The smallest absolute Gasteiger partial charge is 0.249 e. The highest BCUT2D eigenvalue weighted by Gasteiger charge is 2.22. The van der Waals surface area contributed by atoms with Crippen molar-refractivity contribution in [3.63, 3.8) is 0 Å². The number of unbranched alkanes of at least 4 members (excludes halogenated alkanes) is 50. The van der Waals surface area contributed by atoms with Crippen molar-refractivity contribution in [1.82, 2.24) is 5.32 Å². The van der Waals surface area contributed by atoms with Crippen molar-refractivity contribution in [1.29, 1.82) is 0 Å². The van der Waals surface area contributed by atoms with E-state index in [-0.39, 0.29) is 6.61 Å². The van der Waals surface area contributed by atoms with Gasteiger partial charge in [0.2, 0.25) is 5.91 Å². The first-order chi connectivity index (χ1) is 36.1. The number of rotatable bonds is 62. The second-order valence-electron chi connectivity index (χ2n) is 23.0. The zero-order valence-electron chi connectivity index (χ0n) is 49.5. The Bertz CT molecular complexity index is 1130. The van der Waals surface area contributed by atoms with Crippen molar-refractivity contribution >= 4 is 5.91 Å². The molecule has 0 rings (SSSR count). The lowest BCUT2D eigenvalue weighted by molar-refractivity contribution is -0.131. The third-order valence-electron chi connectivity index (χ3n) is 15.7. The predicted octanol–water partition coefficient (Wildman–Crippen LogP) is 21.3. The molecular formula is C68H131NO4. The summed E-state index contributed by atoms with van der Waals surface area (Å²) in [7, 11) is 0. The van der Waals surface area contributed by atoms with Crippen LogP contribution >= 0.6 is 0 Å². The average molecular weight is 1030 g/mol. The quantitative estimate of drug-likeness (QED) is 0.0361.